The molecule has 0 saturated heterocycles. The minimum atomic E-state index is -3.66. The Balaban J connectivity index is 2.71. The van der Waals surface area contributed by atoms with Gasteiger partial charge in [0.25, 0.3) is 0 Å². The van der Waals surface area contributed by atoms with E-state index in [1.807, 2.05) is 11.9 Å². The minimum absolute atomic E-state index is 0.0604. The molecular formula is C12H19Br2N3O3S. The molecular weight excluding hydrogens is 426 g/mol. The van der Waals surface area contributed by atoms with Gasteiger partial charge in [0.1, 0.15) is 4.90 Å². The van der Waals surface area contributed by atoms with Crippen LogP contribution in [0.5, 0.6) is 0 Å². The number of nitrogens with zero attached hydrogens (tertiary/aromatic N) is 1. The van der Waals surface area contributed by atoms with Gasteiger partial charge in [0, 0.05) is 35.7 Å². The monoisotopic (exact) mass is 443 g/mol. The molecule has 1 aromatic rings. The van der Waals surface area contributed by atoms with Crippen LogP contribution < -0.4 is 10.5 Å². The Kier molecular flexibility index (Phi) is 7.58. The lowest BCUT2D eigenvalue weighted by Crippen LogP contribution is -2.34. The van der Waals surface area contributed by atoms with Crippen LogP contribution in [0.15, 0.2) is 26.0 Å². The predicted molar refractivity (Wildman–Crippen MR) is 90.8 cm³/mol. The van der Waals surface area contributed by atoms with Crippen molar-refractivity contribution >= 4 is 47.6 Å². The van der Waals surface area contributed by atoms with Crippen LogP contribution in [0.4, 0.5) is 5.69 Å². The van der Waals surface area contributed by atoms with Gasteiger partial charge in [0.15, 0.2) is 0 Å². The van der Waals surface area contributed by atoms with E-state index in [0.29, 0.717) is 28.6 Å². The van der Waals surface area contributed by atoms with Crippen LogP contribution in [0.1, 0.15) is 0 Å². The fourth-order valence-electron chi connectivity index (χ4n) is 1.67. The quantitative estimate of drug-likeness (QED) is 0.595. The number of halogens is 2. The Hall–Kier alpha value is -0.190. The average molecular weight is 445 g/mol. The van der Waals surface area contributed by atoms with E-state index in [-0.39, 0.29) is 10.6 Å². The number of anilines is 1. The van der Waals surface area contributed by atoms with Crippen molar-refractivity contribution in [1.82, 2.24) is 9.62 Å². The van der Waals surface area contributed by atoms with Crippen LogP contribution >= 0.6 is 31.9 Å². The first-order chi connectivity index (χ1) is 9.77. The highest BCUT2D eigenvalue weighted by Crippen LogP contribution is 2.31. The molecule has 0 radical (unpaired) electrons. The molecule has 0 fully saturated rings. The lowest BCUT2D eigenvalue weighted by molar-refractivity contribution is 0.162. The van der Waals surface area contributed by atoms with Crippen molar-refractivity contribution in [3.63, 3.8) is 0 Å². The third kappa shape index (κ3) is 5.84. The molecule has 6 nitrogen and oxygen atoms in total. The van der Waals surface area contributed by atoms with Gasteiger partial charge >= 0.3 is 0 Å². The Labute approximate surface area is 142 Å². The first-order valence-corrected chi connectivity index (χ1v) is 9.26. The molecule has 0 saturated carbocycles. The summed E-state index contributed by atoms with van der Waals surface area (Å²) in [5.41, 5.74) is 5.99. The van der Waals surface area contributed by atoms with Crippen molar-refractivity contribution in [1.29, 1.82) is 0 Å². The Morgan fingerprint density at radius 3 is 2.57 bits per heavy atom. The van der Waals surface area contributed by atoms with Crippen LogP contribution in [-0.4, -0.2) is 53.7 Å². The number of sulfonamides is 1. The number of likely N-dealkylation sites (N-methyl/N-ethyl adjacent to an activating group) is 1. The minimum Gasteiger partial charge on any atom is -0.398 e. The first kappa shape index (κ1) is 18.9. The molecule has 0 unspecified atom stereocenters. The van der Waals surface area contributed by atoms with Crippen molar-refractivity contribution < 1.29 is 13.2 Å². The summed E-state index contributed by atoms with van der Waals surface area (Å²) in [6.07, 6.45) is 0. The van der Waals surface area contributed by atoms with E-state index in [1.165, 1.54) is 0 Å². The van der Waals surface area contributed by atoms with Crippen molar-refractivity contribution in [3.05, 3.63) is 21.1 Å². The zero-order chi connectivity index (χ0) is 16.0. The molecule has 21 heavy (non-hydrogen) atoms. The maximum atomic E-state index is 12.3. The number of ether oxygens (including phenoxy) is 1. The summed E-state index contributed by atoms with van der Waals surface area (Å²) in [4.78, 5) is 2.04. The van der Waals surface area contributed by atoms with Gasteiger partial charge in [0.2, 0.25) is 10.0 Å². The molecule has 0 aliphatic carbocycles. The maximum absolute atomic E-state index is 12.3. The molecule has 0 aliphatic rings. The van der Waals surface area contributed by atoms with E-state index in [4.69, 9.17) is 10.5 Å². The summed E-state index contributed by atoms with van der Waals surface area (Å²) in [7, 11) is -0.126. The van der Waals surface area contributed by atoms with E-state index in [9.17, 15) is 8.42 Å². The summed E-state index contributed by atoms with van der Waals surface area (Å²) < 4.78 is 33.3. The summed E-state index contributed by atoms with van der Waals surface area (Å²) in [5, 5.41) is 0. The predicted octanol–water partition coefficient (Wildman–Crippen LogP) is 1.65. The van der Waals surface area contributed by atoms with E-state index < -0.39 is 10.0 Å². The highest BCUT2D eigenvalue weighted by atomic mass is 79.9. The van der Waals surface area contributed by atoms with Gasteiger partial charge in [-0.25, -0.2) is 13.1 Å². The van der Waals surface area contributed by atoms with Gasteiger partial charge < -0.3 is 15.4 Å². The normalized spacial score (nSPS) is 12.0. The van der Waals surface area contributed by atoms with Gasteiger partial charge in [-0.15, -0.1) is 0 Å². The van der Waals surface area contributed by atoms with Crippen molar-refractivity contribution in [2.45, 2.75) is 4.90 Å². The average Bonchev–Trinajstić information content (AvgIpc) is 2.34. The Morgan fingerprint density at radius 2 is 2.00 bits per heavy atom. The lowest BCUT2D eigenvalue weighted by Gasteiger charge is -2.17. The number of nitrogen functional groups attached to an aromatic ring is 1. The zero-order valence-corrected chi connectivity index (χ0v) is 15.9. The maximum Gasteiger partial charge on any atom is 0.243 e. The van der Waals surface area contributed by atoms with Crippen molar-refractivity contribution in [2.24, 2.45) is 0 Å². The first-order valence-electron chi connectivity index (χ1n) is 6.19. The standard InChI is InChI=1S/C12H19Br2N3O3S/c1-17(5-6-20-2)4-3-16-21(18,19)12-10(14)7-9(13)8-11(12)15/h7-8,16H,3-6,15H2,1-2H3. The lowest BCUT2D eigenvalue weighted by atomic mass is 10.3. The molecule has 9 heteroatoms. The van der Waals surface area contributed by atoms with Gasteiger partial charge in [-0.1, -0.05) is 15.9 Å². The third-order valence-corrected chi connectivity index (χ3v) is 5.69. The van der Waals surface area contributed by atoms with Crippen LogP contribution in [0.3, 0.4) is 0 Å². The number of hydrogen-bond donors (Lipinski definition) is 2. The fourth-order valence-corrected chi connectivity index (χ4v) is 4.75. The highest BCUT2D eigenvalue weighted by Gasteiger charge is 2.21. The molecule has 1 aromatic carbocycles. The van der Waals surface area contributed by atoms with Crippen LogP contribution in [0, 0.1) is 0 Å². The van der Waals surface area contributed by atoms with E-state index >= 15 is 0 Å². The molecule has 0 spiro atoms. The van der Waals surface area contributed by atoms with E-state index in [2.05, 4.69) is 36.6 Å². The summed E-state index contributed by atoms with van der Waals surface area (Å²) in [6.45, 7) is 2.22. The summed E-state index contributed by atoms with van der Waals surface area (Å²) in [6, 6.07) is 3.21. The van der Waals surface area contributed by atoms with Gasteiger partial charge in [-0.3, -0.25) is 0 Å². The molecule has 3 N–H and O–H groups in total. The van der Waals surface area contributed by atoms with Gasteiger partial charge in [-0.2, -0.15) is 0 Å². The SMILES string of the molecule is COCCN(C)CCNS(=O)(=O)c1c(N)cc(Br)cc1Br. The number of rotatable bonds is 8. The molecule has 0 heterocycles. The third-order valence-electron chi connectivity index (χ3n) is 2.77. The number of methoxy groups -OCH3 is 1. The van der Waals surface area contributed by atoms with Gasteiger partial charge in [0.05, 0.1) is 12.3 Å². The number of nitrogens with one attached hydrogen (secondary N) is 1. The van der Waals surface area contributed by atoms with E-state index in [1.54, 1.807) is 19.2 Å². The largest absolute Gasteiger partial charge is 0.398 e. The van der Waals surface area contributed by atoms with Crippen LogP contribution in [0.2, 0.25) is 0 Å². The number of benzene rings is 1. The molecule has 120 valence electrons. The number of nitrogens with two attached hydrogens (primary N) is 1. The molecule has 0 bridgehead atoms. The Bertz CT molecular complexity index is 558. The second-order valence-corrected chi connectivity index (χ2v) is 7.97. The molecule has 0 aliphatic heterocycles. The molecule has 0 atom stereocenters. The molecule has 0 amide bonds. The van der Waals surface area contributed by atoms with Crippen LogP contribution in [0.25, 0.3) is 0 Å². The zero-order valence-electron chi connectivity index (χ0n) is 11.9. The molecule has 0 aromatic heterocycles. The number of hydrogen-bond acceptors (Lipinski definition) is 5. The van der Waals surface area contributed by atoms with Crippen molar-refractivity contribution in [3.8, 4) is 0 Å². The topological polar surface area (TPSA) is 84.7 Å². The van der Waals surface area contributed by atoms with E-state index in [0.717, 1.165) is 6.54 Å². The smallest absolute Gasteiger partial charge is 0.243 e. The second-order valence-electron chi connectivity index (χ2n) is 4.50. The molecule has 1 rings (SSSR count). The summed E-state index contributed by atoms with van der Waals surface area (Å²) >= 11 is 6.50. The second kappa shape index (κ2) is 8.44. The van der Waals surface area contributed by atoms with Gasteiger partial charge in [-0.05, 0) is 35.1 Å². The Morgan fingerprint density at radius 1 is 1.33 bits per heavy atom. The fraction of sp³-hybridized carbons (Fsp3) is 0.500. The highest BCUT2D eigenvalue weighted by molar-refractivity contribution is 9.11. The van der Waals surface area contributed by atoms with Crippen molar-refractivity contribution in [2.75, 3.05) is 46.1 Å². The summed E-state index contributed by atoms with van der Waals surface area (Å²) in [5.74, 6) is 0. The van der Waals surface area contributed by atoms with Crippen LogP contribution in [-0.2, 0) is 14.8 Å².